The Balaban J connectivity index is 1.60. The molecular weight excluding hydrogens is 487 g/mol. The fraction of sp³-hybridized carbons (Fsp3) is 0.586. The molecule has 2 aromatic rings. The Morgan fingerprint density at radius 1 is 1.00 bits per heavy atom. The van der Waals surface area contributed by atoms with E-state index in [1.165, 1.54) is 10.4 Å². The summed E-state index contributed by atoms with van der Waals surface area (Å²) < 4.78 is 39.8. The predicted molar refractivity (Wildman–Crippen MR) is 147 cm³/mol. The summed E-state index contributed by atoms with van der Waals surface area (Å²) in [5.41, 5.74) is -0.228. The van der Waals surface area contributed by atoms with E-state index in [4.69, 9.17) is 18.4 Å². The third-order valence-electron chi connectivity index (χ3n) is 8.31. The standard InChI is InChI=1S/C29H41O5PSi/c1-8-31-35(7,30)20-29-19-23(29)24(25-26(29)33-28(5,6)32-25)34-36(27(2,3)4,21-15-11-9-12-16-21)22-17-13-10-14-18-22/h9-18,23-26H,8,19-20H2,1-7H3/t23-,24+,25+,26+,29-,35?/m1/s1. The number of ether oxygens (including phenoxy) is 2. The molecule has 5 rings (SSSR count). The molecule has 1 aliphatic heterocycles. The second-order valence-corrected chi connectivity index (χ2v) is 19.3. The molecule has 0 amide bonds. The smallest absolute Gasteiger partial charge is 0.261 e. The third-order valence-corrected chi connectivity index (χ3v) is 15.3. The number of hydrogen-bond donors (Lipinski definition) is 0. The van der Waals surface area contributed by atoms with E-state index in [2.05, 4.69) is 81.4 Å². The van der Waals surface area contributed by atoms with Crippen molar-refractivity contribution in [1.29, 1.82) is 0 Å². The minimum absolute atomic E-state index is 0.133. The molecule has 0 spiro atoms. The van der Waals surface area contributed by atoms with Gasteiger partial charge in [0.2, 0.25) is 7.37 Å². The zero-order chi connectivity index (χ0) is 26.0. The fourth-order valence-corrected chi connectivity index (χ4v) is 14.0. The van der Waals surface area contributed by atoms with E-state index in [0.717, 1.165) is 6.42 Å². The maximum atomic E-state index is 13.4. The summed E-state index contributed by atoms with van der Waals surface area (Å²) in [7, 11) is -5.54. The highest BCUT2D eigenvalue weighted by molar-refractivity contribution is 7.58. The Hall–Kier alpha value is -1.27. The topological polar surface area (TPSA) is 54.0 Å². The van der Waals surface area contributed by atoms with E-state index < -0.39 is 21.5 Å². The van der Waals surface area contributed by atoms with Crippen LogP contribution in [-0.4, -0.2) is 51.9 Å². The van der Waals surface area contributed by atoms with Gasteiger partial charge in [-0.2, -0.15) is 0 Å². The number of hydrogen-bond acceptors (Lipinski definition) is 5. The van der Waals surface area contributed by atoms with Gasteiger partial charge in [-0.25, -0.2) is 0 Å². The van der Waals surface area contributed by atoms with Crippen LogP contribution >= 0.6 is 7.37 Å². The van der Waals surface area contributed by atoms with Gasteiger partial charge in [0.15, 0.2) is 5.79 Å². The van der Waals surface area contributed by atoms with Crippen LogP contribution in [-0.2, 0) is 23.0 Å². The van der Waals surface area contributed by atoms with Gasteiger partial charge < -0.3 is 18.4 Å². The average Bonchev–Trinajstić information content (AvgIpc) is 3.33. The van der Waals surface area contributed by atoms with Gasteiger partial charge in [0.25, 0.3) is 8.32 Å². The lowest BCUT2D eigenvalue weighted by atomic mass is 10.0. The van der Waals surface area contributed by atoms with Gasteiger partial charge >= 0.3 is 0 Å². The Kier molecular flexibility index (Phi) is 6.51. The molecule has 0 bridgehead atoms. The molecule has 7 heteroatoms. The molecule has 3 aliphatic rings. The molecule has 1 unspecified atom stereocenters. The van der Waals surface area contributed by atoms with E-state index in [-0.39, 0.29) is 34.7 Å². The van der Waals surface area contributed by atoms with Crippen molar-refractivity contribution in [2.75, 3.05) is 19.4 Å². The Morgan fingerprint density at radius 2 is 1.56 bits per heavy atom. The van der Waals surface area contributed by atoms with Crippen molar-refractivity contribution in [3.8, 4) is 0 Å². The van der Waals surface area contributed by atoms with Crippen molar-refractivity contribution in [3.05, 3.63) is 60.7 Å². The lowest BCUT2D eigenvalue weighted by Gasteiger charge is -2.45. The lowest BCUT2D eigenvalue weighted by molar-refractivity contribution is -0.165. The van der Waals surface area contributed by atoms with Crippen molar-refractivity contribution in [2.24, 2.45) is 11.3 Å². The molecule has 196 valence electrons. The minimum atomic E-state index is -2.78. The van der Waals surface area contributed by atoms with Crippen molar-refractivity contribution < 1.29 is 23.0 Å². The Bertz CT molecular complexity index is 1090. The molecule has 1 saturated heterocycles. The first kappa shape index (κ1) is 26.3. The van der Waals surface area contributed by atoms with E-state index in [0.29, 0.717) is 12.8 Å². The largest absolute Gasteiger partial charge is 0.401 e. The van der Waals surface area contributed by atoms with Crippen LogP contribution in [0.5, 0.6) is 0 Å². The van der Waals surface area contributed by atoms with Crippen LogP contribution in [0.2, 0.25) is 5.04 Å². The molecular formula is C29H41O5PSi. The van der Waals surface area contributed by atoms with Crippen LogP contribution in [0.15, 0.2) is 60.7 Å². The maximum absolute atomic E-state index is 13.4. The highest BCUT2D eigenvalue weighted by atomic mass is 31.2. The molecule has 2 aliphatic carbocycles. The summed E-state index contributed by atoms with van der Waals surface area (Å²) in [6.07, 6.45) is 0.974. The van der Waals surface area contributed by atoms with Gasteiger partial charge in [-0.15, -0.1) is 0 Å². The molecule has 6 atom stereocenters. The molecule has 5 nitrogen and oxygen atoms in total. The highest BCUT2D eigenvalue weighted by Crippen LogP contribution is 2.73. The van der Waals surface area contributed by atoms with Crippen molar-refractivity contribution in [1.82, 2.24) is 0 Å². The second-order valence-electron chi connectivity index (χ2n) is 12.4. The fourth-order valence-electron chi connectivity index (χ4n) is 6.99. The van der Waals surface area contributed by atoms with Crippen LogP contribution in [0.3, 0.4) is 0 Å². The van der Waals surface area contributed by atoms with Gasteiger partial charge in [0, 0.05) is 18.2 Å². The summed E-state index contributed by atoms with van der Waals surface area (Å²) in [6, 6.07) is 21.5. The lowest BCUT2D eigenvalue weighted by Crippen LogP contribution is -2.68. The molecule has 2 saturated carbocycles. The SMILES string of the molecule is CCOP(C)(=O)C[C@]12C[C@@H]1[C@H](O[Si](c1ccccc1)(c1ccccc1)C(C)(C)C)[C@@H]1OC(C)(C)O[C@@H]12. The van der Waals surface area contributed by atoms with E-state index in [9.17, 15) is 4.57 Å². The van der Waals surface area contributed by atoms with E-state index >= 15 is 0 Å². The monoisotopic (exact) mass is 528 g/mol. The maximum Gasteiger partial charge on any atom is 0.261 e. The second kappa shape index (κ2) is 8.89. The minimum Gasteiger partial charge on any atom is -0.401 e. The predicted octanol–water partition coefficient (Wildman–Crippen LogP) is 5.42. The molecule has 0 aromatic heterocycles. The van der Waals surface area contributed by atoms with Gasteiger partial charge in [0.1, 0.15) is 6.10 Å². The van der Waals surface area contributed by atoms with Gasteiger partial charge in [-0.1, -0.05) is 81.4 Å². The van der Waals surface area contributed by atoms with Gasteiger partial charge in [-0.05, 0) is 48.5 Å². The first-order chi connectivity index (χ1) is 16.9. The Labute approximate surface area is 217 Å². The molecule has 1 heterocycles. The zero-order valence-corrected chi connectivity index (χ0v) is 24.6. The summed E-state index contributed by atoms with van der Waals surface area (Å²) in [5.74, 6) is -0.467. The highest BCUT2D eigenvalue weighted by Gasteiger charge is 2.77. The summed E-state index contributed by atoms with van der Waals surface area (Å²) in [5, 5.41) is 2.38. The first-order valence-electron chi connectivity index (χ1n) is 13.2. The molecule has 2 aromatic carbocycles. The number of fused-ring (bicyclic) bond motifs is 3. The normalized spacial score (nSPS) is 32.5. The van der Waals surface area contributed by atoms with Crippen molar-refractivity contribution in [2.45, 2.75) is 77.1 Å². The first-order valence-corrected chi connectivity index (χ1v) is 17.4. The average molecular weight is 529 g/mol. The molecule has 0 N–H and O–H groups in total. The number of benzene rings is 2. The molecule has 0 radical (unpaired) electrons. The van der Waals surface area contributed by atoms with Crippen molar-refractivity contribution in [3.63, 3.8) is 0 Å². The van der Waals surface area contributed by atoms with E-state index in [1.807, 2.05) is 20.8 Å². The summed E-state index contributed by atoms with van der Waals surface area (Å²) >= 11 is 0. The number of rotatable bonds is 8. The van der Waals surface area contributed by atoms with Crippen LogP contribution in [0.4, 0.5) is 0 Å². The van der Waals surface area contributed by atoms with E-state index in [1.54, 1.807) is 6.66 Å². The van der Waals surface area contributed by atoms with Gasteiger partial charge in [-0.3, -0.25) is 4.57 Å². The summed E-state index contributed by atoms with van der Waals surface area (Å²) in [6.45, 7) is 15.0. The van der Waals surface area contributed by atoms with Crippen LogP contribution < -0.4 is 10.4 Å². The van der Waals surface area contributed by atoms with Crippen LogP contribution in [0, 0.1) is 11.3 Å². The quantitative estimate of drug-likeness (QED) is 0.339. The van der Waals surface area contributed by atoms with Crippen LogP contribution in [0.1, 0.15) is 48.0 Å². The Morgan fingerprint density at radius 3 is 2.06 bits per heavy atom. The zero-order valence-electron chi connectivity index (χ0n) is 22.7. The molecule has 3 fully saturated rings. The summed E-state index contributed by atoms with van der Waals surface area (Å²) in [4.78, 5) is 0. The van der Waals surface area contributed by atoms with Gasteiger partial charge in [0.05, 0.1) is 18.8 Å². The van der Waals surface area contributed by atoms with Crippen molar-refractivity contribution >= 4 is 26.1 Å². The third kappa shape index (κ3) is 4.28. The molecule has 36 heavy (non-hydrogen) atoms. The van der Waals surface area contributed by atoms with Crippen LogP contribution in [0.25, 0.3) is 0 Å².